The van der Waals surface area contributed by atoms with E-state index in [0.717, 1.165) is 15.6 Å². The van der Waals surface area contributed by atoms with Gasteiger partial charge >= 0.3 is 0 Å². The zero-order valence-electron chi connectivity index (χ0n) is 8.75. The summed E-state index contributed by atoms with van der Waals surface area (Å²) in [6, 6.07) is 8.38. The molecule has 1 aromatic heterocycles. The summed E-state index contributed by atoms with van der Waals surface area (Å²) >= 11 is 7.51. The molecule has 0 atom stereocenters. The number of aromatic nitrogens is 1. The number of rotatable bonds is 2. The summed E-state index contributed by atoms with van der Waals surface area (Å²) in [7, 11) is 0. The first-order valence-corrected chi connectivity index (χ1v) is 6.15. The van der Waals surface area contributed by atoms with Crippen LogP contribution >= 0.6 is 22.9 Å². The lowest BCUT2D eigenvalue weighted by Crippen LogP contribution is -1.79. The van der Waals surface area contributed by atoms with Crippen molar-refractivity contribution < 1.29 is 0 Å². The largest absolute Gasteiger partial charge is 0.241 e. The molecule has 0 saturated heterocycles. The molecule has 15 heavy (non-hydrogen) atoms. The minimum atomic E-state index is 0.551. The maximum Gasteiger partial charge on any atom is 0.123 e. The highest BCUT2D eigenvalue weighted by molar-refractivity contribution is 7.15. The number of benzene rings is 1. The van der Waals surface area contributed by atoms with E-state index in [0.29, 0.717) is 5.88 Å². The van der Waals surface area contributed by atoms with Crippen molar-refractivity contribution in [3.8, 4) is 10.6 Å². The molecule has 1 aromatic carbocycles. The van der Waals surface area contributed by atoms with Gasteiger partial charge in [-0.3, -0.25) is 0 Å². The van der Waals surface area contributed by atoms with Crippen LogP contribution in [0, 0.1) is 13.8 Å². The molecule has 0 fully saturated rings. The molecule has 0 aliphatic heterocycles. The monoisotopic (exact) mass is 237 g/mol. The highest BCUT2D eigenvalue weighted by atomic mass is 35.5. The third-order valence-corrected chi connectivity index (χ3v) is 3.91. The van der Waals surface area contributed by atoms with Crippen LogP contribution in [0.1, 0.15) is 16.1 Å². The summed E-state index contributed by atoms with van der Waals surface area (Å²) in [5.41, 5.74) is 3.48. The number of alkyl halides is 1. The molecule has 0 N–H and O–H groups in total. The highest BCUT2D eigenvalue weighted by Gasteiger charge is 2.08. The van der Waals surface area contributed by atoms with Crippen molar-refractivity contribution >= 4 is 22.9 Å². The third kappa shape index (κ3) is 2.21. The molecule has 0 spiro atoms. The van der Waals surface area contributed by atoms with Crippen LogP contribution in [0.2, 0.25) is 0 Å². The van der Waals surface area contributed by atoms with Gasteiger partial charge < -0.3 is 0 Å². The maximum atomic E-state index is 5.83. The Kier molecular flexibility index (Phi) is 3.08. The van der Waals surface area contributed by atoms with E-state index >= 15 is 0 Å². The number of halogens is 1. The first-order chi connectivity index (χ1) is 7.20. The summed E-state index contributed by atoms with van der Waals surface area (Å²) in [6.45, 7) is 4.10. The summed E-state index contributed by atoms with van der Waals surface area (Å²) in [6.07, 6.45) is 0. The first kappa shape index (κ1) is 10.7. The van der Waals surface area contributed by atoms with Crippen LogP contribution in [-0.4, -0.2) is 4.98 Å². The Bertz CT molecular complexity index is 476. The average Bonchev–Trinajstić information content (AvgIpc) is 2.60. The Balaban J connectivity index is 2.45. The van der Waals surface area contributed by atoms with Crippen molar-refractivity contribution in [1.29, 1.82) is 0 Å². The number of aryl methyl sites for hydroxylation is 2. The molecular formula is C12H12ClNS. The lowest BCUT2D eigenvalue weighted by molar-refractivity contribution is 1.22. The van der Waals surface area contributed by atoms with Crippen molar-refractivity contribution in [3.05, 3.63) is 40.4 Å². The topological polar surface area (TPSA) is 12.9 Å². The van der Waals surface area contributed by atoms with Gasteiger partial charge in [-0.05, 0) is 19.9 Å². The zero-order valence-corrected chi connectivity index (χ0v) is 10.3. The van der Waals surface area contributed by atoms with Crippen molar-refractivity contribution in [2.45, 2.75) is 19.7 Å². The van der Waals surface area contributed by atoms with Gasteiger partial charge in [0.15, 0.2) is 0 Å². The van der Waals surface area contributed by atoms with Crippen molar-refractivity contribution in [3.63, 3.8) is 0 Å². The van der Waals surface area contributed by atoms with Gasteiger partial charge in [-0.2, -0.15) is 0 Å². The van der Waals surface area contributed by atoms with E-state index in [1.807, 2.05) is 6.92 Å². The van der Waals surface area contributed by atoms with Gasteiger partial charge in [-0.15, -0.1) is 22.9 Å². The number of hydrogen-bond donors (Lipinski definition) is 0. The maximum absolute atomic E-state index is 5.83. The SMILES string of the molecule is Cc1cccc(-c2nc(C)c(CCl)s2)c1. The molecule has 0 unspecified atom stereocenters. The minimum Gasteiger partial charge on any atom is -0.241 e. The van der Waals surface area contributed by atoms with Gasteiger partial charge in [0.25, 0.3) is 0 Å². The average molecular weight is 238 g/mol. The van der Waals surface area contributed by atoms with Crippen molar-refractivity contribution in [2.24, 2.45) is 0 Å². The first-order valence-electron chi connectivity index (χ1n) is 4.80. The standard InChI is InChI=1S/C12H12ClNS/c1-8-4-3-5-10(6-8)12-14-9(2)11(7-13)15-12/h3-6H,7H2,1-2H3. The molecule has 0 aliphatic carbocycles. The van der Waals surface area contributed by atoms with Crippen LogP contribution in [0.3, 0.4) is 0 Å². The van der Waals surface area contributed by atoms with Gasteiger partial charge in [0.05, 0.1) is 11.6 Å². The van der Waals surface area contributed by atoms with Gasteiger partial charge in [0.1, 0.15) is 5.01 Å². The number of nitrogens with zero attached hydrogens (tertiary/aromatic N) is 1. The molecule has 3 heteroatoms. The van der Waals surface area contributed by atoms with Gasteiger partial charge in [0, 0.05) is 10.4 Å². The molecule has 0 amide bonds. The predicted octanol–water partition coefficient (Wildman–Crippen LogP) is 4.17. The van der Waals surface area contributed by atoms with Crippen LogP contribution in [0.15, 0.2) is 24.3 Å². The molecule has 0 saturated carbocycles. The molecule has 1 nitrogen and oxygen atoms in total. The third-order valence-electron chi connectivity index (χ3n) is 2.28. The van der Waals surface area contributed by atoms with E-state index in [4.69, 9.17) is 11.6 Å². The molecule has 2 aromatic rings. The van der Waals surface area contributed by atoms with Crippen LogP contribution in [0.25, 0.3) is 10.6 Å². The Hall–Kier alpha value is -0.860. The normalized spacial score (nSPS) is 10.6. The Morgan fingerprint density at radius 3 is 2.73 bits per heavy atom. The summed E-state index contributed by atoms with van der Waals surface area (Å²) in [5.74, 6) is 0.551. The summed E-state index contributed by atoms with van der Waals surface area (Å²) in [4.78, 5) is 5.69. The fraction of sp³-hybridized carbons (Fsp3) is 0.250. The van der Waals surface area contributed by atoms with Gasteiger partial charge in [0.2, 0.25) is 0 Å². The van der Waals surface area contributed by atoms with Crippen LogP contribution in [0.5, 0.6) is 0 Å². The fourth-order valence-electron chi connectivity index (χ4n) is 1.45. The van der Waals surface area contributed by atoms with E-state index in [2.05, 4.69) is 36.2 Å². The van der Waals surface area contributed by atoms with E-state index in [9.17, 15) is 0 Å². The second kappa shape index (κ2) is 4.33. The summed E-state index contributed by atoms with van der Waals surface area (Å²) in [5, 5.41) is 1.06. The molecular weight excluding hydrogens is 226 g/mol. The van der Waals surface area contributed by atoms with E-state index in [1.54, 1.807) is 11.3 Å². The van der Waals surface area contributed by atoms with Crippen molar-refractivity contribution in [1.82, 2.24) is 4.98 Å². The van der Waals surface area contributed by atoms with Crippen LogP contribution < -0.4 is 0 Å². The Morgan fingerprint density at radius 1 is 1.33 bits per heavy atom. The molecule has 0 aliphatic rings. The molecule has 1 heterocycles. The van der Waals surface area contributed by atoms with Gasteiger partial charge in [-0.25, -0.2) is 4.98 Å². The fourth-order valence-corrected chi connectivity index (χ4v) is 2.72. The Labute approximate surface area is 98.7 Å². The zero-order chi connectivity index (χ0) is 10.8. The quantitative estimate of drug-likeness (QED) is 0.715. The molecule has 78 valence electrons. The molecule has 0 radical (unpaired) electrons. The lowest BCUT2D eigenvalue weighted by Gasteiger charge is -1.96. The summed E-state index contributed by atoms with van der Waals surface area (Å²) < 4.78 is 0. The van der Waals surface area contributed by atoms with E-state index < -0.39 is 0 Å². The lowest BCUT2D eigenvalue weighted by atomic mass is 10.1. The van der Waals surface area contributed by atoms with Crippen LogP contribution in [-0.2, 0) is 5.88 Å². The Morgan fingerprint density at radius 2 is 2.13 bits per heavy atom. The minimum absolute atomic E-state index is 0.551. The number of thiazole rings is 1. The molecule has 2 rings (SSSR count). The smallest absolute Gasteiger partial charge is 0.123 e. The number of hydrogen-bond acceptors (Lipinski definition) is 2. The van der Waals surface area contributed by atoms with E-state index in [-0.39, 0.29) is 0 Å². The predicted molar refractivity (Wildman–Crippen MR) is 66.6 cm³/mol. The second-order valence-corrected chi connectivity index (χ2v) is 4.88. The van der Waals surface area contributed by atoms with Crippen LogP contribution in [0.4, 0.5) is 0 Å². The van der Waals surface area contributed by atoms with Gasteiger partial charge in [-0.1, -0.05) is 23.8 Å². The highest BCUT2D eigenvalue weighted by Crippen LogP contribution is 2.29. The second-order valence-electron chi connectivity index (χ2n) is 3.53. The molecule has 0 bridgehead atoms. The van der Waals surface area contributed by atoms with E-state index in [1.165, 1.54) is 11.1 Å². The van der Waals surface area contributed by atoms with Crippen molar-refractivity contribution in [2.75, 3.05) is 0 Å².